The first-order valence-electron chi connectivity index (χ1n) is 4.70. The van der Waals surface area contributed by atoms with Crippen LogP contribution in [0.4, 0.5) is 5.82 Å². The van der Waals surface area contributed by atoms with Gasteiger partial charge in [0.05, 0.1) is 11.4 Å². The van der Waals surface area contributed by atoms with E-state index in [1.165, 1.54) is 5.56 Å². The molecule has 0 aliphatic carbocycles. The molecule has 2 N–H and O–H groups in total. The number of rotatable bonds is 1. The molecule has 0 unspecified atom stereocenters. The minimum absolute atomic E-state index is 0.765. The SMILES string of the molecule is Nc1c2c(nn1-c1ccncc1)CSC2. The van der Waals surface area contributed by atoms with Crippen molar-refractivity contribution in [2.24, 2.45) is 0 Å². The lowest BCUT2D eigenvalue weighted by Gasteiger charge is -2.03. The van der Waals surface area contributed by atoms with Gasteiger partial charge in [0.25, 0.3) is 0 Å². The summed E-state index contributed by atoms with van der Waals surface area (Å²) in [6, 6.07) is 3.82. The zero-order chi connectivity index (χ0) is 10.3. The Kier molecular flexibility index (Phi) is 1.92. The summed E-state index contributed by atoms with van der Waals surface area (Å²) in [7, 11) is 0. The maximum absolute atomic E-state index is 6.05. The largest absolute Gasteiger partial charge is 0.383 e. The van der Waals surface area contributed by atoms with Gasteiger partial charge in [-0.05, 0) is 12.1 Å². The van der Waals surface area contributed by atoms with Crippen LogP contribution in [0.5, 0.6) is 0 Å². The van der Waals surface area contributed by atoms with Crippen LogP contribution in [0.25, 0.3) is 5.69 Å². The van der Waals surface area contributed by atoms with Gasteiger partial charge in [0, 0.05) is 29.5 Å². The molecule has 76 valence electrons. The zero-order valence-electron chi connectivity index (χ0n) is 8.05. The topological polar surface area (TPSA) is 56.7 Å². The van der Waals surface area contributed by atoms with Gasteiger partial charge in [-0.2, -0.15) is 16.9 Å². The Hall–Kier alpha value is -1.49. The number of nitrogens with two attached hydrogens (primary N) is 1. The molecule has 0 aromatic carbocycles. The monoisotopic (exact) mass is 218 g/mol. The van der Waals surface area contributed by atoms with Crippen LogP contribution in [-0.4, -0.2) is 14.8 Å². The van der Waals surface area contributed by atoms with Gasteiger partial charge in [-0.3, -0.25) is 4.98 Å². The van der Waals surface area contributed by atoms with E-state index >= 15 is 0 Å². The molecule has 3 heterocycles. The number of fused-ring (bicyclic) bond motifs is 1. The van der Waals surface area contributed by atoms with E-state index in [2.05, 4.69) is 10.1 Å². The van der Waals surface area contributed by atoms with Crippen molar-refractivity contribution in [3.05, 3.63) is 35.8 Å². The fourth-order valence-corrected chi connectivity index (χ4v) is 2.76. The van der Waals surface area contributed by atoms with Crippen molar-refractivity contribution in [3.63, 3.8) is 0 Å². The fraction of sp³-hybridized carbons (Fsp3) is 0.200. The van der Waals surface area contributed by atoms with E-state index in [0.29, 0.717) is 0 Å². The summed E-state index contributed by atoms with van der Waals surface area (Å²) >= 11 is 1.86. The number of hydrogen-bond acceptors (Lipinski definition) is 4. The third-order valence-corrected chi connectivity index (χ3v) is 3.47. The molecule has 0 saturated heterocycles. The Morgan fingerprint density at radius 3 is 2.80 bits per heavy atom. The van der Waals surface area contributed by atoms with Crippen molar-refractivity contribution in [3.8, 4) is 5.69 Å². The van der Waals surface area contributed by atoms with Gasteiger partial charge in [0.1, 0.15) is 5.82 Å². The van der Waals surface area contributed by atoms with Crippen molar-refractivity contribution < 1.29 is 0 Å². The number of anilines is 1. The number of hydrogen-bond donors (Lipinski definition) is 1. The number of thioether (sulfide) groups is 1. The first-order chi connectivity index (χ1) is 7.36. The lowest BCUT2D eigenvalue weighted by atomic mass is 10.3. The molecule has 0 spiro atoms. The van der Waals surface area contributed by atoms with E-state index in [4.69, 9.17) is 5.73 Å². The second-order valence-electron chi connectivity index (χ2n) is 3.42. The van der Waals surface area contributed by atoms with E-state index in [1.807, 2.05) is 23.9 Å². The van der Waals surface area contributed by atoms with Crippen LogP contribution in [0.15, 0.2) is 24.5 Å². The molecule has 0 saturated carbocycles. The minimum atomic E-state index is 0.765. The highest BCUT2D eigenvalue weighted by Gasteiger charge is 2.21. The molecule has 4 nitrogen and oxygen atoms in total. The number of nitrogen functional groups attached to an aromatic ring is 1. The Balaban J connectivity index is 2.14. The van der Waals surface area contributed by atoms with Crippen LogP contribution >= 0.6 is 11.8 Å². The standard InChI is InChI=1S/C10H10N4S/c11-10-8-5-15-6-9(8)13-14(10)7-1-3-12-4-2-7/h1-4H,5-6,11H2. The highest BCUT2D eigenvalue weighted by molar-refractivity contribution is 7.98. The lowest BCUT2D eigenvalue weighted by Crippen LogP contribution is -2.03. The Bertz CT molecular complexity index is 492. The maximum atomic E-state index is 6.05. The van der Waals surface area contributed by atoms with Crippen LogP contribution in [0.1, 0.15) is 11.3 Å². The quantitative estimate of drug-likeness (QED) is 0.789. The molecule has 1 aliphatic heterocycles. The molecule has 3 rings (SSSR count). The Labute approximate surface area is 91.5 Å². The summed E-state index contributed by atoms with van der Waals surface area (Å²) in [6.45, 7) is 0. The molecule has 0 bridgehead atoms. The molecular formula is C10H10N4S. The predicted octanol–water partition coefficient (Wildman–Crippen LogP) is 1.60. The van der Waals surface area contributed by atoms with E-state index in [9.17, 15) is 0 Å². The maximum Gasteiger partial charge on any atom is 0.131 e. The molecule has 2 aromatic rings. The Morgan fingerprint density at radius 2 is 2.07 bits per heavy atom. The molecule has 15 heavy (non-hydrogen) atoms. The second kappa shape index (κ2) is 3.27. The number of nitrogens with zero attached hydrogens (tertiary/aromatic N) is 3. The summed E-state index contributed by atoms with van der Waals surface area (Å²) in [5.74, 6) is 2.71. The highest BCUT2D eigenvalue weighted by atomic mass is 32.2. The first kappa shape index (κ1) is 8.79. The summed E-state index contributed by atoms with van der Waals surface area (Å²) in [5.41, 5.74) is 9.34. The van der Waals surface area contributed by atoms with Gasteiger partial charge in [0.2, 0.25) is 0 Å². The van der Waals surface area contributed by atoms with E-state index < -0.39 is 0 Å². The molecule has 0 radical (unpaired) electrons. The molecule has 2 aromatic heterocycles. The molecule has 5 heteroatoms. The van der Waals surface area contributed by atoms with E-state index in [1.54, 1.807) is 17.1 Å². The van der Waals surface area contributed by atoms with E-state index in [-0.39, 0.29) is 0 Å². The zero-order valence-corrected chi connectivity index (χ0v) is 8.87. The predicted molar refractivity (Wildman–Crippen MR) is 60.8 cm³/mol. The van der Waals surface area contributed by atoms with Crippen molar-refractivity contribution in [1.29, 1.82) is 0 Å². The van der Waals surface area contributed by atoms with Crippen molar-refractivity contribution in [2.75, 3.05) is 5.73 Å². The second-order valence-corrected chi connectivity index (χ2v) is 4.41. The van der Waals surface area contributed by atoms with Crippen molar-refractivity contribution in [2.45, 2.75) is 11.5 Å². The average Bonchev–Trinajstić information content (AvgIpc) is 2.83. The van der Waals surface area contributed by atoms with Gasteiger partial charge in [-0.1, -0.05) is 0 Å². The van der Waals surface area contributed by atoms with Crippen LogP contribution < -0.4 is 5.73 Å². The highest BCUT2D eigenvalue weighted by Crippen LogP contribution is 2.34. The van der Waals surface area contributed by atoms with E-state index in [0.717, 1.165) is 28.7 Å². The van der Waals surface area contributed by atoms with Gasteiger partial charge in [-0.15, -0.1) is 0 Å². The fourth-order valence-electron chi connectivity index (χ4n) is 1.72. The van der Waals surface area contributed by atoms with Crippen LogP contribution in [0, 0.1) is 0 Å². The third kappa shape index (κ3) is 1.31. The first-order valence-corrected chi connectivity index (χ1v) is 5.86. The summed E-state index contributed by atoms with van der Waals surface area (Å²) in [5, 5.41) is 4.50. The van der Waals surface area contributed by atoms with Crippen LogP contribution in [0.3, 0.4) is 0 Å². The molecule has 0 atom stereocenters. The van der Waals surface area contributed by atoms with Crippen LogP contribution in [0.2, 0.25) is 0 Å². The smallest absolute Gasteiger partial charge is 0.131 e. The molecular weight excluding hydrogens is 208 g/mol. The van der Waals surface area contributed by atoms with Crippen LogP contribution in [-0.2, 0) is 11.5 Å². The van der Waals surface area contributed by atoms with Crippen molar-refractivity contribution >= 4 is 17.6 Å². The molecule has 1 aliphatic rings. The minimum Gasteiger partial charge on any atom is -0.383 e. The average molecular weight is 218 g/mol. The van der Waals surface area contributed by atoms with Crippen molar-refractivity contribution in [1.82, 2.24) is 14.8 Å². The summed E-state index contributed by atoms with van der Waals surface area (Å²) < 4.78 is 1.80. The summed E-state index contributed by atoms with van der Waals surface area (Å²) in [6.07, 6.45) is 3.49. The normalized spacial score (nSPS) is 14.1. The summed E-state index contributed by atoms with van der Waals surface area (Å²) in [4.78, 5) is 3.98. The van der Waals surface area contributed by atoms with Gasteiger partial charge in [-0.25, -0.2) is 4.68 Å². The van der Waals surface area contributed by atoms with Gasteiger partial charge < -0.3 is 5.73 Å². The lowest BCUT2D eigenvalue weighted by molar-refractivity contribution is 0.866. The number of pyridine rings is 1. The molecule has 0 amide bonds. The molecule has 0 fully saturated rings. The van der Waals surface area contributed by atoms with Gasteiger partial charge in [0.15, 0.2) is 0 Å². The Morgan fingerprint density at radius 1 is 1.27 bits per heavy atom. The third-order valence-electron chi connectivity index (χ3n) is 2.50. The number of aromatic nitrogens is 3. The van der Waals surface area contributed by atoms with Gasteiger partial charge >= 0.3 is 0 Å².